The topological polar surface area (TPSA) is 64.3 Å². The van der Waals surface area contributed by atoms with Crippen molar-refractivity contribution in [2.75, 3.05) is 12.8 Å². The van der Waals surface area contributed by atoms with Gasteiger partial charge in [-0.25, -0.2) is 4.39 Å². The van der Waals surface area contributed by atoms with Crippen molar-refractivity contribution < 1.29 is 13.9 Å². The number of nitrogens with two attached hydrogens (primary N) is 1. The van der Waals surface area contributed by atoms with Crippen LogP contribution in [0.4, 0.5) is 10.1 Å². The van der Waals surface area contributed by atoms with Gasteiger partial charge in [0, 0.05) is 17.3 Å². The van der Waals surface area contributed by atoms with Crippen LogP contribution in [-0.2, 0) is 5.54 Å². The lowest BCUT2D eigenvalue weighted by Gasteiger charge is -2.19. The highest BCUT2D eigenvalue weighted by Crippen LogP contribution is 2.46. The van der Waals surface area contributed by atoms with E-state index in [9.17, 15) is 9.18 Å². The van der Waals surface area contributed by atoms with Crippen molar-refractivity contribution in [2.24, 2.45) is 0 Å². The summed E-state index contributed by atoms with van der Waals surface area (Å²) in [6.45, 7) is 0. The van der Waals surface area contributed by atoms with E-state index in [1.807, 2.05) is 0 Å². The molecule has 3 rings (SSSR count). The maximum Gasteiger partial charge on any atom is 0.254 e. The van der Waals surface area contributed by atoms with Gasteiger partial charge in [0.05, 0.1) is 18.2 Å². The van der Waals surface area contributed by atoms with E-state index in [4.69, 9.17) is 10.5 Å². The molecule has 2 aromatic rings. The van der Waals surface area contributed by atoms with Crippen LogP contribution in [0.5, 0.6) is 5.75 Å². The Morgan fingerprint density at radius 3 is 2.59 bits per heavy atom. The van der Waals surface area contributed by atoms with E-state index in [2.05, 4.69) is 5.32 Å². The number of methoxy groups -OCH3 is 1. The van der Waals surface area contributed by atoms with E-state index in [-0.39, 0.29) is 11.7 Å². The quantitative estimate of drug-likeness (QED) is 0.853. The molecule has 1 amide bonds. The van der Waals surface area contributed by atoms with Gasteiger partial charge in [0.15, 0.2) is 0 Å². The van der Waals surface area contributed by atoms with E-state index < -0.39 is 5.54 Å². The van der Waals surface area contributed by atoms with Crippen molar-refractivity contribution in [3.63, 3.8) is 0 Å². The van der Waals surface area contributed by atoms with Crippen molar-refractivity contribution in [1.82, 2.24) is 5.32 Å². The van der Waals surface area contributed by atoms with Crippen LogP contribution < -0.4 is 15.8 Å². The van der Waals surface area contributed by atoms with Gasteiger partial charge in [-0.15, -0.1) is 0 Å². The Hall–Kier alpha value is -2.56. The minimum Gasteiger partial charge on any atom is -0.497 e. The van der Waals surface area contributed by atoms with Gasteiger partial charge in [0.1, 0.15) is 11.6 Å². The highest BCUT2D eigenvalue weighted by Gasteiger charge is 2.47. The van der Waals surface area contributed by atoms with Crippen molar-refractivity contribution in [3.05, 3.63) is 59.4 Å². The Balaban J connectivity index is 1.84. The third-order valence-electron chi connectivity index (χ3n) is 4.00. The maximum absolute atomic E-state index is 14.0. The number of hydrogen-bond acceptors (Lipinski definition) is 3. The molecule has 22 heavy (non-hydrogen) atoms. The molecule has 3 N–H and O–H groups in total. The molecule has 2 aromatic carbocycles. The van der Waals surface area contributed by atoms with E-state index in [1.54, 1.807) is 36.4 Å². The number of nitrogens with one attached hydrogen (secondary N) is 1. The van der Waals surface area contributed by atoms with Gasteiger partial charge in [-0.05, 0) is 31.0 Å². The van der Waals surface area contributed by atoms with Gasteiger partial charge in [-0.1, -0.05) is 18.2 Å². The molecule has 0 spiro atoms. The second-order valence-electron chi connectivity index (χ2n) is 5.47. The lowest BCUT2D eigenvalue weighted by Crippen LogP contribution is -2.35. The Kier molecular flexibility index (Phi) is 3.48. The number of halogens is 1. The summed E-state index contributed by atoms with van der Waals surface area (Å²) in [6, 6.07) is 11.4. The lowest BCUT2D eigenvalue weighted by molar-refractivity contribution is 0.0931. The summed E-state index contributed by atoms with van der Waals surface area (Å²) in [5, 5.41) is 2.92. The number of nitrogen functional groups attached to an aromatic ring is 1. The molecular weight excluding hydrogens is 283 g/mol. The third kappa shape index (κ3) is 2.50. The first-order valence-corrected chi connectivity index (χ1v) is 7.07. The minimum absolute atomic E-state index is 0.303. The third-order valence-corrected chi connectivity index (χ3v) is 4.00. The summed E-state index contributed by atoms with van der Waals surface area (Å²) in [6.07, 6.45) is 1.44. The van der Waals surface area contributed by atoms with Crippen LogP contribution >= 0.6 is 0 Å². The highest BCUT2D eigenvalue weighted by atomic mass is 19.1. The largest absolute Gasteiger partial charge is 0.497 e. The van der Waals surface area contributed by atoms with Gasteiger partial charge >= 0.3 is 0 Å². The normalized spacial score (nSPS) is 15.2. The molecule has 0 radical (unpaired) electrons. The fourth-order valence-corrected chi connectivity index (χ4v) is 2.60. The summed E-state index contributed by atoms with van der Waals surface area (Å²) in [5.74, 6) is -0.0202. The van der Waals surface area contributed by atoms with Crippen LogP contribution in [0.2, 0.25) is 0 Å². The summed E-state index contributed by atoms with van der Waals surface area (Å²) < 4.78 is 19.0. The Morgan fingerprint density at radius 2 is 2.00 bits per heavy atom. The average molecular weight is 300 g/mol. The predicted molar refractivity (Wildman–Crippen MR) is 82.2 cm³/mol. The molecule has 5 heteroatoms. The van der Waals surface area contributed by atoms with Crippen LogP contribution in [0.15, 0.2) is 42.5 Å². The molecule has 114 valence electrons. The van der Waals surface area contributed by atoms with E-state index in [0.717, 1.165) is 12.8 Å². The molecule has 1 fully saturated rings. The molecule has 0 heterocycles. The van der Waals surface area contributed by atoms with Crippen molar-refractivity contribution in [1.29, 1.82) is 0 Å². The van der Waals surface area contributed by atoms with Gasteiger partial charge in [-0.2, -0.15) is 0 Å². The molecule has 0 bridgehead atoms. The lowest BCUT2D eigenvalue weighted by atomic mass is 10.0. The van der Waals surface area contributed by atoms with Crippen molar-refractivity contribution in [2.45, 2.75) is 18.4 Å². The fourth-order valence-electron chi connectivity index (χ4n) is 2.60. The number of hydrogen-bond donors (Lipinski definition) is 2. The van der Waals surface area contributed by atoms with E-state index in [0.29, 0.717) is 22.6 Å². The number of benzene rings is 2. The summed E-state index contributed by atoms with van der Waals surface area (Å²) >= 11 is 0. The summed E-state index contributed by atoms with van der Waals surface area (Å²) in [4.78, 5) is 12.5. The van der Waals surface area contributed by atoms with Gasteiger partial charge < -0.3 is 15.8 Å². The number of amides is 1. The maximum atomic E-state index is 14.0. The molecule has 1 saturated carbocycles. The Bertz CT molecular complexity index is 726. The van der Waals surface area contributed by atoms with Crippen LogP contribution in [0.3, 0.4) is 0 Å². The van der Waals surface area contributed by atoms with Crippen LogP contribution in [0, 0.1) is 5.82 Å². The SMILES string of the molecule is COc1ccc(C(=O)NC2(c3ccccc3F)CC2)c(N)c1. The second-order valence-corrected chi connectivity index (χ2v) is 5.47. The van der Waals surface area contributed by atoms with Crippen molar-refractivity contribution in [3.8, 4) is 5.75 Å². The summed E-state index contributed by atoms with van der Waals surface area (Å²) in [7, 11) is 1.53. The van der Waals surface area contributed by atoms with E-state index in [1.165, 1.54) is 13.2 Å². The first-order chi connectivity index (χ1) is 10.6. The average Bonchev–Trinajstić information content (AvgIpc) is 3.27. The molecule has 4 nitrogen and oxygen atoms in total. The molecular formula is C17H17FN2O2. The standard InChI is InChI=1S/C17H17FN2O2/c1-22-11-6-7-12(15(19)10-11)16(21)20-17(8-9-17)13-4-2-3-5-14(13)18/h2-7,10H,8-9,19H2,1H3,(H,20,21). The van der Waals surface area contributed by atoms with Gasteiger partial charge in [0.2, 0.25) is 0 Å². The summed E-state index contributed by atoms with van der Waals surface area (Å²) in [5.41, 5.74) is 6.50. The zero-order valence-corrected chi connectivity index (χ0v) is 12.2. The molecule has 0 aliphatic heterocycles. The van der Waals surface area contributed by atoms with E-state index >= 15 is 0 Å². The van der Waals surface area contributed by atoms with Gasteiger partial charge in [0.25, 0.3) is 5.91 Å². The number of rotatable bonds is 4. The number of ether oxygens (including phenoxy) is 1. The molecule has 0 unspecified atom stereocenters. The smallest absolute Gasteiger partial charge is 0.254 e. The molecule has 1 aliphatic carbocycles. The first kappa shape index (κ1) is 14.4. The molecule has 0 saturated heterocycles. The van der Waals surface area contributed by atoms with Crippen LogP contribution in [0.1, 0.15) is 28.8 Å². The van der Waals surface area contributed by atoms with Crippen LogP contribution in [0.25, 0.3) is 0 Å². The number of carbonyl (C=O) groups excluding carboxylic acids is 1. The highest BCUT2D eigenvalue weighted by molar-refractivity contribution is 6.00. The second kappa shape index (κ2) is 5.33. The predicted octanol–water partition coefficient (Wildman–Crippen LogP) is 2.84. The van der Waals surface area contributed by atoms with Gasteiger partial charge in [-0.3, -0.25) is 4.79 Å². The zero-order chi connectivity index (χ0) is 15.7. The minimum atomic E-state index is -0.616. The first-order valence-electron chi connectivity index (χ1n) is 7.07. The zero-order valence-electron chi connectivity index (χ0n) is 12.2. The molecule has 1 aliphatic rings. The molecule has 0 atom stereocenters. The monoisotopic (exact) mass is 300 g/mol. The number of carbonyl (C=O) groups is 1. The Morgan fingerprint density at radius 1 is 1.27 bits per heavy atom. The fraction of sp³-hybridized carbons (Fsp3) is 0.235. The molecule has 0 aromatic heterocycles. The Labute approximate surface area is 128 Å². The van der Waals surface area contributed by atoms with Crippen molar-refractivity contribution >= 4 is 11.6 Å². The number of anilines is 1. The van der Waals surface area contributed by atoms with Crippen LogP contribution in [-0.4, -0.2) is 13.0 Å².